The fraction of sp³-hybridized carbons (Fsp3) is 0.667. The van der Waals surface area contributed by atoms with Crippen molar-refractivity contribution < 1.29 is 29.0 Å². The Morgan fingerprint density at radius 3 is 2.59 bits per heavy atom. The zero-order chi connectivity index (χ0) is 26.1. The van der Waals surface area contributed by atoms with E-state index in [1.807, 2.05) is 12.1 Å². The molecule has 3 saturated heterocycles. The van der Waals surface area contributed by atoms with Crippen molar-refractivity contribution in [1.82, 2.24) is 9.80 Å². The van der Waals surface area contributed by atoms with Crippen LogP contribution in [0, 0.1) is 5.92 Å². The highest BCUT2D eigenvalue weighted by molar-refractivity contribution is 5.99. The van der Waals surface area contributed by atoms with Crippen molar-refractivity contribution >= 4 is 23.3 Å². The molecule has 10 heteroatoms. The third-order valence-corrected chi connectivity index (χ3v) is 8.56. The number of primary amides is 1. The van der Waals surface area contributed by atoms with E-state index < -0.39 is 30.1 Å². The van der Waals surface area contributed by atoms with E-state index in [0.29, 0.717) is 17.7 Å². The summed E-state index contributed by atoms with van der Waals surface area (Å²) in [5, 5.41) is 10.5. The second-order valence-corrected chi connectivity index (χ2v) is 10.7. The van der Waals surface area contributed by atoms with Gasteiger partial charge in [0.2, 0.25) is 11.8 Å². The number of nitrogens with two attached hydrogens (primary N) is 1. The van der Waals surface area contributed by atoms with E-state index in [4.69, 9.17) is 15.2 Å². The lowest BCUT2D eigenvalue weighted by atomic mass is 9.80. The highest BCUT2D eigenvalue weighted by Crippen LogP contribution is 2.42. The van der Waals surface area contributed by atoms with Gasteiger partial charge in [0, 0.05) is 51.1 Å². The Morgan fingerprint density at radius 1 is 1.19 bits per heavy atom. The largest absolute Gasteiger partial charge is 0.388 e. The number of likely N-dealkylation sites (tertiary alicyclic amines) is 1. The Kier molecular flexibility index (Phi) is 7.80. The molecule has 0 radical (unpaired) electrons. The molecular formula is C27H38N4O6. The van der Waals surface area contributed by atoms with Crippen LogP contribution in [0.1, 0.15) is 47.5 Å². The molecule has 3 aliphatic heterocycles. The number of piperazine rings is 1. The van der Waals surface area contributed by atoms with Gasteiger partial charge in [0.25, 0.3) is 0 Å². The predicted molar refractivity (Wildman–Crippen MR) is 136 cm³/mol. The van der Waals surface area contributed by atoms with Crippen LogP contribution in [0.5, 0.6) is 0 Å². The number of rotatable bonds is 8. The molecule has 0 unspecified atom stereocenters. The first-order valence-electron chi connectivity index (χ1n) is 13.4. The first kappa shape index (κ1) is 26.1. The first-order valence-corrected chi connectivity index (χ1v) is 13.4. The molecule has 2 amide bonds. The minimum atomic E-state index is -0.902. The molecule has 1 aliphatic carbocycles. The summed E-state index contributed by atoms with van der Waals surface area (Å²) in [6.45, 7) is 5.00. The Hall–Kier alpha value is -2.53. The van der Waals surface area contributed by atoms with Gasteiger partial charge in [-0.3, -0.25) is 19.3 Å². The third kappa shape index (κ3) is 5.12. The normalized spacial score (nSPS) is 27.6. The summed E-state index contributed by atoms with van der Waals surface area (Å²) in [4.78, 5) is 45.5. The molecule has 1 saturated carbocycles. The second-order valence-electron chi connectivity index (χ2n) is 10.7. The van der Waals surface area contributed by atoms with Crippen molar-refractivity contribution in [3.05, 3.63) is 29.3 Å². The van der Waals surface area contributed by atoms with Crippen LogP contribution in [0.15, 0.2) is 18.2 Å². The van der Waals surface area contributed by atoms with E-state index in [2.05, 4.69) is 9.80 Å². The van der Waals surface area contributed by atoms with Crippen LogP contribution in [0.2, 0.25) is 0 Å². The number of benzene rings is 1. The zero-order valence-corrected chi connectivity index (χ0v) is 21.5. The van der Waals surface area contributed by atoms with E-state index in [9.17, 15) is 19.5 Å². The number of aliphatic hydroxyl groups excluding tert-OH is 1. The summed E-state index contributed by atoms with van der Waals surface area (Å²) >= 11 is 0. The predicted octanol–water partition coefficient (Wildman–Crippen LogP) is 0.367. The minimum absolute atomic E-state index is 0.0420. The zero-order valence-electron chi connectivity index (χ0n) is 21.5. The Balaban J connectivity index is 1.46. The Morgan fingerprint density at radius 2 is 1.92 bits per heavy atom. The average molecular weight is 515 g/mol. The molecule has 37 heavy (non-hydrogen) atoms. The molecule has 4 fully saturated rings. The van der Waals surface area contributed by atoms with E-state index in [1.54, 1.807) is 13.2 Å². The topological polar surface area (TPSA) is 126 Å². The van der Waals surface area contributed by atoms with Gasteiger partial charge >= 0.3 is 0 Å². The average Bonchev–Trinajstić information content (AvgIpc) is 3.63. The lowest BCUT2D eigenvalue weighted by Gasteiger charge is -2.37. The molecule has 3 heterocycles. The molecule has 10 nitrogen and oxygen atoms in total. The minimum Gasteiger partial charge on any atom is -0.388 e. The fourth-order valence-electron chi connectivity index (χ4n) is 6.59. The van der Waals surface area contributed by atoms with E-state index in [-0.39, 0.29) is 30.8 Å². The van der Waals surface area contributed by atoms with Crippen molar-refractivity contribution in [3.8, 4) is 0 Å². The third-order valence-electron chi connectivity index (χ3n) is 8.56. The number of nitrogens with zero attached hydrogens (tertiary/aromatic N) is 3. The Labute approximate surface area is 217 Å². The number of ether oxygens (including phenoxy) is 2. The standard InChI is InChI=1S/C27H38N4O6/c1-36-13-12-29-8-10-30(11-9-29)18-6-7-19(26(28)34)20(14-18)23(17-4-2-3-5-17)27(35)31-15-21(32)25-24(31)22(33)16-37-25/h6-7,14,17,21,23-25,32H,2-5,8-13,15-16H2,1H3,(H2,28,34)/t21-,23-,24+,25+/m0/s1. The summed E-state index contributed by atoms with van der Waals surface area (Å²) in [6, 6.07) is 4.84. The van der Waals surface area contributed by atoms with Crippen molar-refractivity contribution in [3.63, 3.8) is 0 Å². The SMILES string of the molecule is COCCN1CCN(c2ccc(C(N)=O)c([C@@H](C(=O)N3C[C@H](O)[C@H]4OCC(=O)[C@H]43)C3CCCC3)c2)CC1. The molecule has 1 aromatic rings. The van der Waals surface area contributed by atoms with Gasteiger partial charge in [0.05, 0.1) is 19.1 Å². The van der Waals surface area contributed by atoms with Crippen LogP contribution < -0.4 is 10.6 Å². The highest BCUT2D eigenvalue weighted by Gasteiger charge is 2.53. The molecule has 202 valence electrons. The van der Waals surface area contributed by atoms with Gasteiger partial charge in [-0.15, -0.1) is 0 Å². The number of Topliss-reactive ketones (excluding diaryl/α,β-unsaturated/α-hetero) is 1. The van der Waals surface area contributed by atoms with Crippen LogP contribution in [-0.4, -0.2) is 110 Å². The monoisotopic (exact) mass is 514 g/mol. The number of ketones is 1. The van der Waals surface area contributed by atoms with Crippen LogP contribution in [-0.2, 0) is 19.1 Å². The van der Waals surface area contributed by atoms with Gasteiger partial charge in [0.1, 0.15) is 24.9 Å². The Bertz CT molecular complexity index is 1020. The molecule has 0 spiro atoms. The number of β-amino-alcohol motifs (C(OH)–C–C–N with tert-alkyl or cyclic N) is 1. The van der Waals surface area contributed by atoms with E-state index in [1.165, 1.54) is 4.90 Å². The number of hydrogen-bond donors (Lipinski definition) is 2. The maximum Gasteiger partial charge on any atom is 0.249 e. The van der Waals surface area contributed by atoms with Crippen LogP contribution in [0.25, 0.3) is 0 Å². The number of hydrogen-bond acceptors (Lipinski definition) is 8. The molecule has 4 atom stereocenters. The summed E-state index contributed by atoms with van der Waals surface area (Å²) < 4.78 is 10.7. The molecule has 3 N–H and O–H groups in total. The van der Waals surface area contributed by atoms with E-state index in [0.717, 1.165) is 64.1 Å². The number of amides is 2. The molecule has 1 aromatic carbocycles. The molecule has 4 aliphatic rings. The number of anilines is 1. The lowest BCUT2D eigenvalue weighted by molar-refractivity contribution is -0.139. The molecule has 0 bridgehead atoms. The first-order chi connectivity index (χ1) is 17.9. The number of carbonyl (C=O) groups excluding carboxylic acids is 3. The van der Waals surface area contributed by atoms with Gasteiger partial charge in [-0.1, -0.05) is 12.8 Å². The van der Waals surface area contributed by atoms with E-state index >= 15 is 0 Å². The quantitative estimate of drug-likeness (QED) is 0.510. The smallest absolute Gasteiger partial charge is 0.249 e. The molecular weight excluding hydrogens is 476 g/mol. The number of aliphatic hydroxyl groups is 1. The fourth-order valence-corrected chi connectivity index (χ4v) is 6.59. The van der Waals surface area contributed by atoms with Crippen molar-refractivity contribution in [2.24, 2.45) is 11.7 Å². The van der Waals surface area contributed by atoms with Crippen LogP contribution in [0.4, 0.5) is 5.69 Å². The highest BCUT2D eigenvalue weighted by atomic mass is 16.5. The maximum atomic E-state index is 14.2. The number of methoxy groups -OCH3 is 1. The van der Waals surface area contributed by atoms with Gasteiger partial charge in [-0.2, -0.15) is 0 Å². The lowest BCUT2D eigenvalue weighted by Crippen LogP contribution is -2.47. The molecule has 5 rings (SSSR count). The van der Waals surface area contributed by atoms with Crippen LogP contribution in [0.3, 0.4) is 0 Å². The van der Waals surface area contributed by atoms with Gasteiger partial charge in [0.15, 0.2) is 5.78 Å². The summed E-state index contributed by atoms with van der Waals surface area (Å²) in [6.07, 6.45) is 2.18. The van der Waals surface area contributed by atoms with Gasteiger partial charge in [-0.05, 0) is 42.5 Å². The van der Waals surface area contributed by atoms with Crippen molar-refractivity contribution in [2.75, 3.05) is 64.5 Å². The summed E-state index contributed by atoms with van der Waals surface area (Å²) in [5.74, 6) is -1.54. The molecule has 0 aromatic heterocycles. The van der Waals surface area contributed by atoms with Gasteiger partial charge < -0.3 is 30.1 Å². The number of fused-ring (bicyclic) bond motifs is 1. The van der Waals surface area contributed by atoms with Crippen molar-refractivity contribution in [2.45, 2.75) is 49.9 Å². The van der Waals surface area contributed by atoms with Crippen molar-refractivity contribution in [1.29, 1.82) is 0 Å². The second kappa shape index (κ2) is 11.1. The maximum absolute atomic E-state index is 14.2. The summed E-state index contributed by atoms with van der Waals surface area (Å²) in [5.41, 5.74) is 7.76. The van der Waals surface area contributed by atoms with Crippen LogP contribution >= 0.6 is 0 Å². The van der Waals surface area contributed by atoms with Gasteiger partial charge in [-0.25, -0.2) is 0 Å². The summed E-state index contributed by atoms with van der Waals surface area (Å²) in [7, 11) is 1.71. The number of carbonyl (C=O) groups is 3.